The molecule has 2 rings (SSSR count). The molecule has 1 saturated heterocycles. The van der Waals surface area contributed by atoms with Gasteiger partial charge in [-0.1, -0.05) is 13.8 Å². The van der Waals surface area contributed by atoms with Gasteiger partial charge in [-0.3, -0.25) is 9.88 Å². The van der Waals surface area contributed by atoms with E-state index in [1.165, 1.54) is 0 Å². The predicted octanol–water partition coefficient (Wildman–Crippen LogP) is 1.26. The number of piperazine rings is 1. The highest BCUT2D eigenvalue weighted by molar-refractivity contribution is 5.17. The molecule has 1 aromatic rings. The summed E-state index contributed by atoms with van der Waals surface area (Å²) in [4.78, 5) is 13.5. The van der Waals surface area contributed by atoms with Crippen molar-refractivity contribution in [3.8, 4) is 5.88 Å². The summed E-state index contributed by atoms with van der Waals surface area (Å²) in [5, 5.41) is 0. The van der Waals surface area contributed by atoms with Crippen molar-refractivity contribution in [2.24, 2.45) is 5.92 Å². The Labute approximate surface area is 115 Å². The summed E-state index contributed by atoms with van der Waals surface area (Å²) in [6, 6.07) is 0.561. The summed E-state index contributed by atoms with van der Waals surface area (Å²) in [5.74, 6) is 1.27. The van der Waals surface area contributed by atoms with Crippen molar-refractivity contribution in [2.75, 3.05) is 33.8 Å². The molecule has 0 radical (unpaired) electrons. The van der Waals surface area contributed by atoms with Gasteiger partial charge >= 0.3 is 0 Å². The normalized spacial score (nSPS) is 21.8. The topological polar surface area (TPSA) is 41.5 Å². The maximum Gasteiger partial charge on any atom is 0.236 e. The van der Waals surface area contributed by atoms with Crippen LogP contribution < -0.4 is 4.74 Å². The van der Waals surface area contributed by atoms with Crippen LogP contribution in [0.2, 0.25) is 0 Å². The van der Waals surface area contributed by atoms with E-state index in [0.717, 1.165) is 31.9 Å². The molecule has 0 bridgehead atoms. The predicted molar refractivity (Wildman–Crippen MR) is 75.1 cm³/mol. The highest BCUT2D eigenvalue weighted by Crippen LogP contribution is 2.21. The van der Waals surface area contributed by atoms with Crippen LogP contribution in [0.5, 0.6) is 5.88 Å². The van der Waals surface area contributed by atoms with E-state index in [9.17, 15) is 0 Å². The fourth-order valence-corrected chi connectivity index (χ4v) is 2.65. The van der Waals surface area contributed by atoms with E-state index in [-0.39, 0.29) is 0 Å². The summed E-state index contributed by atoms with van der Waals surface area (Å²) in [6.45, 7) is 8.66. The van der Waals surface area contributed by atoms with Crippen molar-refractivity contribution >= 4 is 0 Å². The van der Waals surface area contributed by atoms with Gasteiger partial charge in [0, 0.05) is 44.6 Å². The number of aromatic nitrogens is 2. The average molecular weight is 264 g/mol. The Bertz CT molecular complexity index is 410. The zero-order valence-electron chi connectivity index (χ0n) is 12.3. The van der Waals surface area contributed by atoms with Gasteiger partial charge in [0.1, 0.15) is 5.69 Å². The van der Waals surface area contributed by atoms with Crippen molar-refractivity contribution in [1.29, 1.82) is 0 Å². The van der Waals surface area contributed by atoms with E-state index in [4.69, 9.17) is 4.74 Å². The van der Waals surface area contributed by atoms with E-state index in [2.05, 4.69) is 40.7 Å². The Hall–Kier alpha value is -1.20. The van der Waals surface area contributed by atoms with E-state index in [1.807, 2.05) is 0 Å². The number of hydrogen-bond donors (Lipinski definition) is 0. The number of likely N-dealkylation sites (N-methyl/N-ethyl adjacent to an activating group) is 1. The molecule has 19 heavy (non-hydrogen) atoms. The number of nitrogens with zero attached hydrogens (tertiary/aromatic N) is 4. The Morgan fingerprint density at radius 2 is 2.05 bits per heavy atom. The first-order valence-electron chi connectivity index (χ1n) is 6.88. The Morgan fingerprint density at radius 3 is 2.74 bits per heavy atom. The van der Waals surface area contributed by atoms with Gasteiger partial charge in [0.15, 0.2) is 0 Å². The quantitative estimate of drug-likeness (QED) is 0.819. The summed E-state index contributed by atoms with van der Waals surface area (Å²) in [7, 11) is 3.84. The molecular formula is C14H24N4O. The maximum absolute atomic E-state index is 5.29. The third-order valence-electron chi connectivity index (χ3n) is 3.79. The molecule has 5 nitrogen and oxygen atoms in total. The third kappa shape index (κ3) is 3.42. The monoisotopic (exact) mass is 264 g/mol. The average Bonchev–Trinajstić information content (AvgIpc) is 2.41. The first-order valence-corrected chi connectivity index (χ1v) is 6.88. The first-order chi connectivity index (χ1) is 9.11. The number of hydrogen-bond acceptors (Lipinski definition) is 5. The molecule has 0 amide bonds. The number of methoxy groups -OCH3 is 1. The van der Waals surface area contributed by atoms with Crippen LogP contribution in [0.4, 0.5) is 0 Å². The van der Waals surface area contributed by atoms with Crippen molar-refractivity contribution < 1.29 is 4.74 Å². The summed E-state index contributed by atoms with van der Waals surface area (Å²) >= 11 is 0. The Morgan fingerprint density at radius 1 is 1.32 bits per heavy atom. The lowest BCUT2D eigenvalue weighted by Crippen LogP contribution is -2.53. The molecule has 0 aromatic carbocycles. The molecule has 1 aliphatic rings. The lowest BCUT2D eigenvalue weighted by Gasteiger charge is -2.42. The summed E-state index contributed by atoms with van der Waals surface area (Å²) in [5.41, 5.74) is 0.931. The fraction of sp³-hybridized carbons (Fsp3) is 0.714. The van der Waals surface area contributed by atoms with Gasteiger partial charge in [-0.2, -0.15) is 0 Å². The van der Waals surface area contributed by atoms with Gasteiger partial charge in [-0.15, -0.1) is 0 Å². The van der Waals surface area contributed by atoms with Crippen molar-refractivity contribution in [3.05, 3.63) is 18.1 Å². The second-order valence-corrected chi connectivity index (χ2v) is 5.56. The second kappa shape index (κ2) is 6.30. The van der Waals surface area contributed by atoms with Gasteiger partial charge in [0.05, 0.1) is 7.11 Å². The summed E-state index contributed by atoms with van der Waals surface area (Å²) in [6.07, 6.45) is 3.41. The lowest BCUT2D eigenvalue weighted by atomic mass is 9.99. The molecule has 1 aliphatic heterocycles. The lowest BCUT2D eigenvalue weighted by molar-refractivity contribution is 0.0553. The molecular weight excluding hydrogens is 240 g/mol. The van der Waals surface area contributed by atoms with Crippen LogP contribution in [0.3, 0.4) is 0 Å². The van der Waals surface area contributed by atoms with E-state index in [0.29, 0.717) is 17.8 Å². The molecule has 106 valence electrons. The number of rotatable bonds is 4. The molecule has 1 aromatic heterocycles. The molecule has 1 atom stereocenters. The van der Waals surface area contributed by atoms with Gasteiger partial charge in [-0.05, 0) is 13.0 Å². The van der Waals surface area contributed by atoms with Gasteiger partial charge < -0.3 is 9.64 Å². The SMILES string of the molecule is COc1nccnc1CN1CCN(C)C[C@H]1C(C)C. The van der Waals surface area contributed by atoms with Crippen LogP contribution in [0.25, 0.3) is 0 Å². The van der Waals surface area contributed by atoms with Crippen LogP contribution in [0.1, 0.15) is 19.5 Å². The molecule has 2 heterocycles. The minimum Gasteiger partial charge on any atom is -0.480 e. The van der Waals surface area contributed by atoms with Crippen molar-refractivity contribution in [2.45, 2.75) is 26.4 Å². The molecule has 5 heteroatoms. The van der Waals surface area contributed by atoms with Crippen LogP contribution >= 0.6 is 0 Å². The molecule has 0 spiro atoms. The van der Waals surface area contributed by atoms with Crippen LogP contribution in [0.15, 0.2) is 12.4 Å². The minimum atomic E-state index is 0.561. The molecule has 0 saturated carbocycles. The van der Waals surface area contributed by atoms with Crippen LogP contribution in [-0.4, -0.2) is 59.6 Å². The largest absolute Gasteiger partial charge is 0.480 e. The molecule has 0 unspecified atom stereocenters. The van der Waals surface area contributed by atoms with Crippen molar-refractivity contribution in [1.82, 2.24) is 19.8 Å². The molecule has 0 aliphatic carbocycles. The van der Waals surface area contributed by atoms with Crippen molar-refractivity contribution in [3.63, 3.8) is 0 Å². The van der Waals surface area contributed by atoms with Crippen LogP contribution in [0, 0.1) is 5.92 Å². The summed E-state index contributed by atoms with van der Waals surface area (Å²) < 4.78 is 5.29. The van der Waals surface area contributed by atoms with E-state index in [1.54, 1.807) is 19.5 Å². The highest BCUT2D eigenvalue weighted by Gasteiger charge is 2.28. The van der Waals surface area contributed by atoms with Crippen LogP contribution in [-0.2, 0) is 6.54 Å². The maximum atomic E-state index is 5.29. The standard InChI is InChI=1S/C14H24N4O/c1-11(2)13-10-17(3)7-8-18(13)9-12-14(19-4)16-6-5-15-12/h5-6,11,13H,7-10H2,1-4H3/t13-/m0/s1. The molecule has 1 fully saturated rings. The zero-order valence-corrected chi connectivity index (χ0v) is 12.3. The molecule has 0 N–H and O–H groups in total. The van der Waals surface area contributed by atoms with E-state index < -0.39 is 0 Å². The van der Waals surface area contributed by atoms with Gasteiger partial charge in [-0.25, -0.2) is 4.98 Å². The number of ether oxygens (including phenoxy) is 1. The van der Waals surface area contributed by atoms with E-state index >= 15 is 0 Å². The zero-order chi connectivity index (χ0) is 13.8. The fourth-order valence-electron chi connectivity index (χ4n) is 2.65. The Balaban J connectivity index is 2.12. The Kier molecular flexibility index (Phi) is 4.71. The minimum absolute atomic E-state index is 0.561. The first kappa shape index (κ1) is 14.2. The smallest absolute Gasteiger partial charge is 0.236 e. The third-order valence-corrected chi connectivity index (χ3v) is 3.79. The highest BCUT2D eigenvalue weighted by atomic mass is 16.5. The van der Waals surface area contributed by atoms with Gasteiger partial charge in [0.2, 0.25) is 5.88 Å². The van der Waals surface area contributed by atoms with Gasteiger partial charge in [0.25, 0.3) is 0 Å². The second-order valence-electron chi connectivity index (χ2n) is 5.56.